The lowest BCUT2D eigenvalue weighted by atomic mass is 10.1. The lowest BCUT2D eigenvalue weighted by Crippen LogP contribution is -2.07. The Balaban J connectivity index is 1.28. The van der Waals surface area contributed by atoms with Gasteiger partial charge in [0.15, 0.2) is 0 Å². The van der Waals surface area contributed by atoms with Crippen LogP contribution in [0, 0.1) is 0 Å². The minimum Gasteiger partial charge on any atom is -0.462 e. The average Bonchev–Trinajstić information content (AvgIpc) is 3.13. The van der Waals surface area contributed by atoms with Gasteiger partial charge in [-0.3, -0.25) is 9.59 Å². The first-order chi connectivity index (χ1) is 11.2. The summed E-state index contributed by atoms with van der Waals surface area (Å²) in [5.74, 6) is 4.74. The second-order valence-corrected chi connectivity index (χ2v) is 8.61. The fraction of sp³-hybridized carbons (Fsp3) is 0.882. The summed E-state index contributed by atoms with van der Waals surface area (Å²) in [6, 6.07) is 0. The molecule has 4 nitrogen and oxygen atoms in total. The van der Waals surface area contributed by atoms with Crippen LogP contribution < -0.4 is 0 Å². The van der Waals surface area contributed by atoms with Crippen LogP contribution >= 0.6 is 23.5 Å². The Morgan fingerprint density at radius 3 is 1.57 bits per heavy atom. The van der Waals surface area contributed by atoms with Gasteiger partial charge in [-0.25, -0.2) is 0 Å². The van der Waals surface area contributed by atoms with Crippen molar-refractivity contribution in [2.75, 3.05) is 23.0 Å². The number of hydrogen-bond donors (Lipinski definition) is 0. The van der Waals surface area contributed by atoms with Gasteiger partial charge in [-0.2, -0.15) is 23.5 Å². The number of esters is 2. The zero-order chi connectivity index (χ0) is 16.3. The molecule has 6 heteroatoms. The predicted molar refractivity (Wildman–Crippen MR) is 96.0 cm³/mol. The van der Waals surface area contributed by atoms with Crippen molar-refractivity contribution in [2.45, 2.75) is 70.0 Å². The number of rotatable bonds is 12. The largest absolute Gasteiger partial charge is 0.462 e. The number of hydrogen-bond acceptors (Lipinski definition) is 6. The van der Waals surface area contributed by atoms with Gasteiger partial charge in [-0.1, -0.05) is 0 Å². The van der Waals surface area contributed by atoms with Crippen molar-refractivity contribution in [2.24, 2.45) is 0 Å². The number of ether oxygens (including phenoxy) is 2. The van der Waals surface area contributed by atoms with E-state index in [9.17, 15) is 9.59 Å². The smallest absolute Gasteiger partial charge is 0.306 e. The van der Waals surface area contributed by atoms with E-state index in [0.29, 0.717) is 12.8 Å². The van der Waals surface area contributed by atoms with Gasteiger partial charge < -0.3 is 9.47 Å². The third-order valence-electron chi connectivity index (χ3n) is 4.14. The van der Waals surface area contributed by atoms with Gasteiger partial charge >= 0.3 is 11.9 Å². The summed E-state index contributed by atoms with van der Waals surface area (Å²) in [4.78, 5) is 21.9. The molecule has 0 spiro atoms. The van der Waals surface area contributed by atoms with Crippen LogP contribution in [0.3, 0.4) is 0 Å². The van der Waals surface area contributed by atoms with E-state index >= 15 is 0 Å². The quantitative estimate of drug-likeness (QED) is 0.390. The molecule has 0 bridgehead atoms. The number of thioether (sulfide) groups is 2. The second-order valence-electron chi connectivity index (χ2n) is 6.16. The maximum Gasteiger partial charge on any atom is 0.306 e. The minimum absolute atomic E-state index is 0.0224. The summed E-state index contributed by atoms with van der Waals surface area (Å²) in [6.07, 6.45) is 9.04. The molecule has 0 radical (unpaired) electrons. The second kappa shape index (κ2) is 11.2. The standard InChI is InChI=1S/C17H28O4S2/c18-16-8-6-14(20-16)4-1-10-22-12-3-13-23-11-2-5-15-7-9-17(19)21-15/h14-15H,1-13H2. The first-order valence-electron chi connectivity index (χ1n) is 8.78. The van der Waals surface area contributed by atoms with Crippen molar-refractivity contribution in [1.29, 1.82) is 0 Å². The van der Waals surface area contributed by atoms with Crippen molar-refractivity contribution >= 4 is 35.5 Å². The van der Waals surface area contributed by atoms with Gasteiger partial charge in [-0.15, -0.1) is 0 Å². The number of cyclic esters (lactones) is 2. The molecule has 132 valence electrons. The number of carbonyl (C=O) groups is 2. The third kappa shape index (κ3) is 8.34. The van der Waals surface area contributed by atoms with Crippen molar-refractivity contribution in [3.8, 4) is 0 Å². The predicted octanol–water partition coefficient (Wildman–Crippen LogP) is 3.81. The molecule has 2 saturated heterocycles. The normalized spacial score (nSPS) is 24.0. The van der Waals surface area contributed by atoms with Crippen LogP contribution in [0.4, 0.5) is 0 Å². The monoisotopic (exact) mass is 360 g/mol. The van der Waals surface area contributed by atoms with E-state index in [0.717, 1.165) is 38.5 Å². The van der Waals surface area contributed by atoms with Gasteiger partial charge in [0.25, 0.3) is 0 Å². The van der Waals surface area contributed by atoms with Crippen molar-refractivity contribution in [3.05, 3.63) is 0 Å². The summed E-state index contributed by atoms with van der Waals surface area (Å²) in [6.45, 7) is 0. The highest BCUT2D eigenvalue weighted by molar-refractivity contribution is 8.00. The van der Waals surface area contributed by atoms with Gasteiger partial charge in [0.1, 0.15) is 12.2 Å². The van der Waals surface area contributed by atoms with E-state index in [4.69, 9.17) is 9.47 Å². The SMILES string of the molecule is O=C1CCC(CCCSCCCSCCCC2CCC(=O)O2)O1. The Kier molecular flexibility index (Phi) is 9.27. The summed E-state index contributed by atoms with van der Waals surface area (Å²) >= 11 is 4.02. The first-order valence-corrected chi connectivity index (χ1v) is 11.1. The van der Waals surface area contributed by atoms with E-state index < -0.39 is 0 Å². The Hall–Kier alpha value is -0.360. The van der Waals surface area contributed by atoms with E-state index in [1.165, 1.54) is 29.4 Å². The molecule has 0 saturated carbocycles. The van der Waals surface area contributed by atoms with Crippen LogP contribution in [-0.2, 0) is 19.1 Å². The molecule has 0 N–H and O–H groups in total. The van der Waals surface area contributed by atoms with Crippen LogP contribution in [0.2, 0.25) is 0 Å². The fourth-order valence-electron chi connectivity index (χ4n) is 2.86. The van der Waals surface area contributed by atoms with E-state index in [2.05, 4.69) is 0 Å². The van der Waals surface area contributed by atoms with Crippen LogP contribution in [0.15, 0.2) is 0 Å². The molecule has 0 aliphatic carbocycles. The third-order valence-corrected chi connectivity index (χ3v) is 6.45. The highest BCUT2D eigenvalue weighted by Crippen LogP contribution is 2.21. The lowest BCUT2D eigenvalue weighted by molar-refractivity contribution is -0.142. The zero-order valence-electron chi connectivity index (χ0n) is 13.8. The summed E-state index contributed by atoms with van der Waals surface area (Å²) in [5, 5.41) is 0. The Morgan fingerprint density at radius 1 is 0.739 bits per heavy atom. The van der Waals surface area contributed by atoms with E-state index in [1.54, 1.807) is 0 Å². The summed E-state index contributed by atoms with van der Waals surface area (Å²) < 4.78 is 10.4. The molecule has 2 heterocycles. The molecule has 2 aliphatic heterocycles. The molecule has 2 aliphatic rings. The summed E-state index contributed by atoms with van der Waals surface area (Å²) in [7, 11) is 0. The first kappa shape index (κ1) is 19.0. The summed E-state index contributed by atoms with van der Waals surface area (Å²) in [5.41, 5.74) is 0. The topological polar surface area (TPSA) is 52.6 Å². The van der Waals surface area contributed by atoms with Gasteiger partial charge in [-0.05, 0) is 68.0 Å². The molecule has 0 amide bonds. The molecular formula is C17H28O4S2. The van der Waals surface area contributed by atoms with Crippen molar-refractivity contribution in [3.63, 3.8) is 0 Å². The van der Waals surface area contributed by atoms with Crippen molar-refractivity contribution < 1.29 is 19.1 Å². The fourth-order valence-corrected chi connectivity index (χ4v) is 4.89. The van der Waals surface area contributed by atoms with Gasteiger partial charge in [0, 0.05) is 12.8 Å². The molecule has 0 aromatic heterocycles. The molecule has 23 heavy (non-hydrogen) atoms. The van der Waals surface area contributed by atoms with Gasteiger partial charge in [0.05, 0.1) is 0 Å². The van der Waals surface area contributed by atoms with Crippen LogP contribution in [0.25, 0.3) is 0 Å². The van der Waals surface area contributed by atoms with Gasteiger partial charge in [0.2, 0.25) is 0 Å². The van der Waals surface area contributed by atoms with Crippen molar-refractivity contribution in [1.82, 2.24) is 0 Å². The molecular weight excluding hydrogens is 332 g/mol. The Morgan fingerprint density at radius 2 is 1.17 bits per heavy atom. The molecule has 2 rings (SSSR count). The van der Waals surface area contributed by atoms with E-state index in [-0.39, 0.29) is 24.1 Å². The lowest BCUT2D eigenvalue weighted by Gasteiger charge is -2.09. The van der Waals surface area contributed by atoms with Crippen LogP contribution in [0.5, 0.6) is 0 Å². The Labute approximate surface area is 147 Å². The highest BCUT2D eigenvalue weighted by Gasteiger charge is 2.23. The molecule has 2 fully saturated rings. The Bertz CT molecular complexity index is 342. The maximum absolute atomic E-state index is 11.0. The zero-order valence-corrected chi connectivity index (χ0v) is 15.4. The molecule has 0 aromatic rings. The minimum atomic E-state index is -0.0224. The highest BCUT2D eigenvalue weighted by atomic mass is 32.2. The molecule has 0 aromatic carbocycles. The van der Waals surface area contributed by atoms with Crippen LogP contribution in [-0.4, -0.2) is 47.2 Å². The molecule has 2 atom stereocenters. The maximum atomic E-state index is 11.0. The average molecular weight is 361 g/mol. The van der Waals surface area contributed by atoms with E-state index in [1.807, 2.05) is 23.5 Å². The number of carbonyl (C=O) groups excluding carboxylic acids is 2. The van der Waals surface area contributed by atoms with Crippen LogP contribution in [0.1, 0.15) is 57.8 Å². The molecule has 2 unspecified atom stereocenters.